The van der Waals surface area contributed by atoms with Gasteiger partial charge in [-0.15, -0.1) is 0 Å². The SMILES string of the molecule is CC(C)(C(=O)O)C(O)(C(=O)O)C(O)C(=O)O. The molecule has 0 rings (SSSR count). The summed E-state index contributed by atoms with van der Waals surface area (Å²) in [7, 11) is 0. The van der Waals surface area contributed by atoms with E-state index in [1.54, 1.807) is 0 Å². The molecule has 0 aliphatic rings. The summed E-state index contributed by atoms with van der Waals surface area (Å²) in [5.74, 6) is -5.91. The highest BCUT2D eigenvalue weighted by Gasteiger charge is 2.62. The van der Waals surface area contributed by atoms with Crippen molar-refractivity contribution in [1.29, 1.82) is 0 Å². The van der Waals surface area contributed by atoms with Crippen LogP contribution in [0, 0.1) is 5.41 Å². The van der Waals surface area contributed by atoms with Crippen LogP contribution in [0.4, 0.5) is 0 Å². The molecule has 16 heavy (non-hydrogen) atoms. The molecule has 0 radical (unpaired) electrons. The van der Waals surface area contributed by atoms with Crippen LogP contribution in [-0.2, 0) is 14.4 Å². The largest absolute Gasteiger partial charge is 0.481 e. The number of hydrogen-bond donors (Lipinski definition) is 5. The van der Waals surface area contributed by atoms with Gasteiger partial charge in [-0.2, -0.15) is 0 Å². The minimum Gasteiger partial charge on any atom is -0.481 e. The molecule has 0 saturated heterocycles. The van der Waals surface area contributed by atoms with Crippen molar-refractivity contribution >= 4 is 17.9 Å². The van der Waals surface area contributed by atoms with E-state index in [0.717, 1.165) is 13.8 Å². The fourth-order valence-corrected chi connectivity index (χ4v) is 1.07. The van der Waals surface area contributed by atoms with E-state index >= 15 is 0 Å². The molecule has 0 heterocycles. The maximum Gasteiger partial charge on any atom is 0.340 e. The fourth-order valence-electron chi connectivity index (χ4n) is 1.07. The third-order valence-corrected chi connectivity index (χ3v) is 2.44. The van der Waals surface area contributed by atoms with Gasteiger partial charge in [0.25, 0.3) is 0 Å². The number of rotatable bonds is 5. The lowest BCUT2D eigenvalue weighted by Gasteiger charge is -2.37. The van der Waals surface area contributed by atoms with Gasteiger partial charge in [0.2, 0.25) is 5.60 Å². The Labute approximate surface area is 89.7 Å². The van der Waals surface area contributed by atoms with Gasteiger partial charge in [-0.25, -0.2) is 9.59 Å². The molecular weight excluding hydrogens is 224 g/mol. The summed E-state index contributed by atoms with van der Waals surface area (Å²) in [4.78, 5) is 32.0. The van der Waals surface area contributed by atoms with Crippen molar-refractivity contribution in [1.82, 2.24) is 0 Å². The smallest absolute Gasteiger partial charge is 0.340 e. The van der Waals surface area contributed by atoms with Crippen molar-refractivity contribution in [2.24, 2.45) is 5.41 Å². The van der Waals surface area contributed by atoms with Gasteiger partial charge in [-0.1, -0.05) is 0 Å². The second-order valence-electron chi connectivity index (χ2n) is 3.74. The Morgan fingerprint density at radius 1 is 1.00 bits per heavy atom. The normalized spacial score (nSPS) is 17.2. The molecule has 0 bridgehead atoms. The zero-order chi connectivity index (χ0) is 13.3. The van der Waals surface area contributed by atoms with Crippen LogP contribution in [-0.4, -0.2) is 55.1 Å². The number of carboxylic acid groups (broad SMARTS) is 3. The third kappa shape index (κ3) is 1.84. The molecule has 0 aromatic heterocycles. The summed E-state index contributed by atoms with van der Waals surface area (Å²) >= 11 is 0. The fraction of sp³-hybridized carbons (Fsp3) is 0.625. The second-order valence-corrected chi connectivity index (χ2v) is 3.74. The van der Waals surface area contributed by atoms with Gasteiger partial charge < -0.3 is 25.5 Å². The zero-order valence-electron chi connectivity index (χ0n) is 8.54. The lowest BCUT2D eigenvalue weighted by molar-refractivity contribution is -0.208. The standard InChI is InChI=1S/C8H12O8/c1-7(2,5(12)13)8(16,6(14)15)3(9)4(10)11/h3,9,16H,1-2H3,(H,10,11)(H,12,13)(H,14,15). The molecule has 0 saturated carbocycles. The first-order chi connectivity index (χ1) is 6.99. The van der Waals surface area contributed by atoms with E-state index in [1.165, 1.54) is 0 Å². The first-order valence-electron chi connectivity index (χ1n) is 4.09. The minimum atomic E-state index is -3.33. The van der Waals surface area contributed by atoms with Gasteiger partial charge in [0.05, 0.1) is 0 Å². The van der Waals surface area contributed by atoms with Crippen LogP contribution in [0.1, 0.15) is 13.8 Å². The van der Waals surface area contributed by atoms with Crippen molar-refractivity contribution in [2.45, 2.75) is 25.6 Å². The summed E-state index contributed by atoms with van der Waals surface area (Å²) in [5.41, 5.74) is -5.71. The molecule has 0 aliphatic heterocycles. The molecule has 5 N–H and O–H groups in total. The molecule has 2 atom stereocenters. The molecule has 0 aliphatic carbocycles. The molecular formula is C8H12O8. The average molecular weight is 236 g/mol. The van der Waals surface area contributed by atoms with Crippen molar-refractivity contribution in [3.8, 4) is 0 Å². The van der Waals surface area contributed by atoms with Crippen molar-refractivity contribution in [2.75, 3.05) is 0 Å². The van der Waals surface area contributed by atoms with Crippen LogP contribution < -0.4 is 0 Å². The van der Waals surface area contributed by atoms with Crippen LogP contribution in [0.15, 0.2) is 0 Å². The lowest BCUT2D eigenvalue weighted by atomic mass is 9.71. The number of carbonyl (C=O) groups is 3. The van der Waals surface area contributed by atoms with Crippen molar-refractivity contribution in [3.05, 3.63) is 0 Å². The van der Waals surface area contributed by atoms with Gasteiger partial charge in [-0.3, -0.25) is 4.79 Å². The number of hydrogen-bond acceptors (Lipinski definition) is 5. The van der Waals surface area contributed by atoms with E-state index in [2.05, 4.69) is 0 Å². The van der Waals surface area contributed by atoms with Crippen molar-refractivity contribution < 1.29 is 39.9 Å². The highest BCUT2D eigenvalue weighted by Crippen LogP contribution is 2.34. The monoisotopic (exact) mass is 236 g/mol. The van der Waals surface area contributed by atoms with E-state index in [-0.39, 0.29) is 0 Å². The van der Waals surface area contributed by atoms with E-state index in [4.69, 9.17) is 20.4 Å². The first-order valence-corrected chi connectivity index (χ1v) is 4.09. The molecule has 0 spiro atoms. The second kappa shape index (κ2) is 4.06. The van der Waals surface area contributed by atoms with E-state index < -0.39 is 35.0 Å². The van der Waals surface area contributed by atoms with Gasteiger partial charge >= 0.3 is 17.9 Å². The molecule has 2 unspecified atom stereocenters. The molecule has 0 aromatic carbocycles. The van der Waals surface area contributed by atoms with Gasteiger partial charge in [0.1, 0.15) is 5.41 Å². The van der Waals surface area contributed by atoms with E-state index in [9.17, 15) is 19.5 Å². The van der Waals surface area contributed by atoms with E-state index in [0.29, 0.717) is 0 Å². The Morgan fingerprint density at radius 2 is 1.38 bits per heavy atom. The number of aliphatic carboxylic acids is 3. The molecule has 92 valence electrons. The summed E-state index contributed by atoms with van der Waals surface area (Å²) in [6.45, 7) is 1.60. The highest BCUT2D eigenvalue weighted by molar-refractivity contribution is 5.93. The van der Waals surface area contributed by atoms with Gasteiger partial charge in [0, 0.05) is 0 Å². The topological polar surface area (TPSA) is 152 Å². The zero-order valence-corrected chi connectivity index (χ0v) is 8.54. The van der Waals surface area contributed by atoms with Crippen LogP contribution >= 0.6 is 0 Å². The maximum absolute atomic E-state index is 10.8. The van der Waals surface area contributed by atoms with Crippen molar-refractivity contribution in [3.63, 3.8) is 0 Å². The van der Waals surface area contributed by atoms with Crippen LogP contribution in [0.2, 0.25) is 0 Å². The van der Waals surface area contributed by atoms with Crippen LogP contribution in [0.25, 0.3) is 0 Å². The number of carboxylic acids is 3. The molecule has 0 fully saturated rings. The van der Waals surface area contributed by atoms with Gasteiger partial charge in [0.15, 0.2) is 6.10 Å². The number of aliphatic hydroxyl groups excluding tert-OH is 1. The Morgan fingerprint density at radius 3 is 1.56 bits per heavy atom. The molecule has 8 heteroatoms. The molecule has 8 nitrogen and oxygen atoms in total. The molecule has 0 aromatic rings. The summed E-state index contributed by atoms with van der Waals surface area (Å²) in [6, 6.07) is 0. The number of aliphatic hydroxyl groups is 2. The third-order valence-electron chi connectivity index (χ3n) is 2.44. The summed E-state index contributed by atoms with van der Waals surface area (Å²) in [6.07, 6.45) is -2.75. The Bertz CT molecular complexity index is 333. The highest BCUT2D eigenvalue weighted by atomic mass is 16.4. The Balaban J connectivity index is 5.71. The summed E-state index contributed by atoms with van der Waals surface area (Å²) < 4.78 is 0. The quantitative estimate of drug-likeness (QED) is 0.381. The Kier molecular flexibility index (Phi) is 3.64. The molecule has 0 amide bonds. The van der Waals surface area contributed by atoms with Crippen LogP contribution in [0.5, 0.6) is 0 Å². The van der Waals surface area contributed by atoms with Crippen LogP contribution in [0.3, 0.4) is 0 Å². The minimum absolute atomic E-state index is 0.801. The summed E-state index contributed by atoms with van der Waals surface area (Å²) in [5, 5.41) is 44.6. The first kappa shape index (κ1) is 14.3. The predicted octanol–water partition coefficient (Wildman–Crippen LogP) is -1.64. The Hall–Kier alpha value is -1.67. The maximum atomic E-state index is 10.8. The predicted molar refractivity (Wildman–Crippen MR) is 47.6 cm³/mol. The average Bonchev–Trinajstić information content (AvgIpc) is 2.14. The van der Waals surface area contributed by atoms with E-state index in [1.807, 2.05) is 0 Å². The van der Waals surface area contributed by atoms with Gasteiger partial charge in [-0.05, 0) is 13.8 Å². The lowest BCUT2D eigenvalue weighted by Crippen LogP contribution is -2.64.